The number of nitrogens with zero attached hydrogens (tertiary/aromatic N) is 1. The van der Waals surface area contributed by atoms with E-state index in [9.17, 15) is 4.79 Å². The summed E-state index contributed by atoms with van der Waals surface area (Å²) >= 11 is 0. The second kappa shape index (κ2) is 11.5. The Morgan fingerprint density at radius 1 is 1.00 bits per heavy atom. The van der Waals surface area contributed by atoms with Crippen LogP contribution in [0.1, 0.15) is 93.2 Å². The van der Waals surface area contributed by atoms with Gasteiger partial charge in [0.15, 0.2) is 0 Å². The first-order valence-corrected chi connectivity index (χ1v) is 14.1. The second-order valence-corrected chi connectivity index (χ2v) is 11.2. The van der Waals surface area contributed by atoms with Crippen LogP contribution in [-0.2, 0) is 11.3 Å². The molecule has 2 aliphatic rings. The molecular weight excluding hydrogens is 444 g/mol. The van der Waals surface area contributed by atoms with E-state index in [4.69, 9.17) is 4.74 Å². The van der Waals surface area contributed by atoms with Gasteiger partial charge in [0.05, 0.1) is 7.11 Å². The van der Waals surface area contributed by atoms with E-state index in [0.29, 0.717) is 12.5 Å². The minimum atomic E-state index is 0.00991. The lowest BCUT2D eigenvalue weighted by atomic mass is 9.87. The Kier molecular flexibility index (Phi) is 7.99. The first kappa shape index (κ1) is 24.9. The molecule has 0 bridgehead atoms. The molecule has 0 aliphatic heterocycles. The van der Waals surface area contributed by atoms with Gasteiger partial charge in [0.1, 0.15) is 5.75 Å². The summed E-state index contributed by atoms with van der Waals surface area (Å²) < 4.78 is 8.09. The van der Waals surface area contributed by atoms with Crippen molar-refractivity contribution >= 4 is 16.8 Å². The first-order chi connectivity index (χ1) is 17.6. The van der Waals surface area contributed by atoms with Crippen molar-refractivity contribution in [1.29, 1.82) is 0 Å². The first-order valence-electron chi connectivity index (χ1n) is 14.1. The van der Waals surface area contributed by atoms with Crippen LogP contribution in [0.3, 0.4) is 0 Å². The fourth-order valence-electron chi connectivity index (χ4n) is 6.52. The Morgan fingerprint density at radius 3 is 2.47 bits per heavy atom. The standard InChI is InChI=1S/C32H42N2O2/c1-23-10-9-13-25(18-23)28(20-32(35)33-26-14-7-4-8-15-26)30-22-34(21-24-11-5-3-6-12-24)31-17-16-27(36-2)19-29(30)31/h9-10,13,16-19,22,24,26,28H,3-8,11-12,14-15,20-21H2,1-2H3,(H,33,35). The normalized spacial score (nSPS) is 18.3. The van der Waals surface area contributed by atoms with Gasteiger partial charge in [-0.3, -0.25) is 4.79 Å². The molecule has 2 aromatic carbocycles. The average Bonchev–Trinajstić information content (AvgIpc) is 3.25. The number of hydrogen-bond donors (Lipinski definition) is 1. The van der Waals surface area contributed by atoms with Crippen molar-refractivity contribution in [3.05, 3.63) is 65.4 Å². The minimum Gasteiger partial charge on any atom is -0.497 e. The van der Waals surface area contributed by atoms with Crippen LogP contribution in [0.5, 0.6) is 5.75 Å². The van der Waals surface area contributed by atoms with Crippen molar-refractivity contribution in [2.24, 2.45) is 5.92 Å². The van der Waals surface area contributed by atoms with Gasteiger partial charge in [-0.05, 0) is 67.9 Å². The zero-order valence-electron chi connectivity index (χ0n) is 22.1. The van der Waals surface area contributed by atoms with Crippen LogP contribution in [0.25, 0.3) is 10.9 Å². The third-order valence-corrected chi connectivity index (χ3v) is 8.48. The lowest BCUT2D eigenvalue weighted by molar-refractivity contribution is -0.122. The summed E-state index contributed by atoms with van der Waals surface area (Å²) in [4.78, 5) is 13.4. The zero-order chi connectivity index (χ0) is 24.9. The number of benzene rings is 2. The second-order valence-electron chi connectivity index (χ2n) is 11.2. The number of methoxy groups -OCH3 is 1. The Morgan fingerprint density at radius 2 is 1.75 bits per heavy atom. The maximum atomic E-state index is 13.4. The highest BCUT2D eigenvalue weighted by Crippen LogP contribution is 2.38. The van der Waals surface area contributed by atoms with Crippen LogP contribution in [0.15, 0.2) is 48.7 Å². The van der Waals surface area contributed by atoms with Gasteiger partial charge in [-0.1, -0.05) is 68.4 Å². The van der Waals surface area contributed by atoms with Crippen molar-refractivity contribution in [2.45, 2.75) is 96.1 Å². The van der Waals surface area contributed by atoms with Crippen molar-refractivity contribution in [3.63, 3.8) is 0 Å². The molecule has 1 heterocycles. The fraction of sp³-hybridized carbons (Fsp3) is 0.531. The molecule has 2 saturated carbocycles. The predicted molar refractivity (Wildman–Crippen MR) is 148 cm³/mol. The maximum Gasteiger partial charge on any atom is 0.221 e. The SMILES string of the molecule is COc1ccc2c(c1)c(C(CC(=O)NC1CCCCC1)c1cccc(C)c1)cn2CC1CCCCC1. The van der Waals surface area contributed by atoms with Crippen LogP contribution < -0.4 is 10.1 Å². The number of carbonyl (C=O) groups excluding carboxylic acids is 1. The molecule has 0 spiro atoms. The smallest absolute Gasteiger partial charge is 0.221 e. The van der Waals surface area contributed by atoms with Crippen molar-refractivity contribution < 1.29 is 9.53 Å². The third-order valence-electron chi connectivity index (χ3n) is 8.48. The molecule has 0 radical (unpaired) electrons. The van der Waals surface area contributed by atoms with E-state index in [1.165, 1.54) is 79.0 Å². The van der Waals surface area contributed by atoms with Crippen LogP contribution in [0, 0.1) is 12.8 Å². The van der Waals surface area contributed by atoms with Crippen molar-refractivity contribution in [2.75, 3.05) is 7.11 Å². The largest absolute Gasteiger partial charge is 0.497 e. The lowest BCUT2D eigenvalue weighted by Crippen LogP contribution is -2.36. The van der Waals surface area contributed by atoms with Crippen molar-refractivity contribution in [3.8, 4) is 5.75 Å². The number of rotatable bonds is 8. The van der Waals surface area contributed by atoms with E-state index >= 15 is 0 Å². The topological polar surface area (TPSA) is 43.3 Å². The number of hydrogen-bond acceptors (Lipinski definition) is 2. The van der Waals surface area contributed by atoms with E-state index < -0.39 is 0 Å². The Hall–Kier alpha value is -2.75. The van der Waals surface area contributed by atoms with Gasteiger partial charge in [0.2, 0.25) is 5.91 Å². The van der Waals surface area contributed by atoms with Gasteiger partial charge in [-0.15, -0.1) is 0 Å². The summed E-state index contributed by atoms with van der Waals surface area (Å²) in [5.74, 6) is 1.78. The molecule has 36 heavy (non-hydrogen) atoms. The monoisotopic (exact) mass is 486 g/mol. The molecule has 1 unspecified atom stereocenters. The molecule has 1 amide bonds. The van der Waals surface area contributed by atoms with E-state index in [2.05, 4.69) is 65.5 Å². The summed E-state index contributed by atoms with van der Waals surface area (Å²) in [7, 11) is 1.73. The highest BCUT2D eigenvalue weighted by Gasteiger charge is 2.26. The van der Waals surface area contributed by atoms with Gasteiger partial charge < -0.3 is 14.6 Å². The fourth-order valence-corrected chi connectivity index (χ4v) is 6.52. The number of fused-ring (bicyclic) bond motifs is 1. The molecule has 2 aliphatic carbocycles. The predicted octanol–water partition coefficient (Wildman–Crippen LogP) is 7.51. The van der Waals surface area contributed by atoms with E-state index in [-0.39, 0.29) is 11.8 Å². The van der Waals surface area contributed by atoms with Gasteiger partial charge in [0.25, 0.3) is 0 Å². The number of aryl methyl sites for hydroxylation is 1. The van der Waals surface area contributed by atoms with E-state index in [0.717, 1.165) is 31.1 Å². The Balaban J connectivity index is 1.52. The molecule has 5 rings (SSSR count). The maximum absolute atomic E-state index is 13.4. The molecule has 0 saturated heterocycles. The quantitative estimate of drug-likeness (QED) is 0.358. The molecule has 192 valence electrons. The molecule has 4 nitrogen and oxygen atoms in total. The average molecular weight is 487 g/mol. The number of amides is 1. The molecule has 4 heteroatoms. The molecule has 1 aromatic heterocycles. The molecule has 3 aromatic rings. The summed E-state index contributed by atoms with van der Waals surface area (Å²) in [5, 5.41) is 4.59. The van der Waals surface area contributed by atoms with Gasteiger partial charge >= 0.3 is 0 Å². The van der Waals surface area contributed by atoms with Gasteiger partial charge in [0, 0.05) is 42.0 Å². The summed E-state index contributed by atoms with van der Waals surface area (Å²) in [5.41, 5.74) is 4.94. The Bertz CT molecular complexity index is 1170. The minimum absolute atomic E-state index is 0.00991. The number of nitrogens with one attached hydrogen (secondary N) is 1. The van der Waals surface area contributed by atoms with E-state index in [1.54, 1.807) is 7.11 Å². The highest BCUT2D eigenvalue weighted by atomic mass is 16.5. The van der Waals surface area contributed by atoms with Crippen LogP contribution in [0.4, 0.5) is 0 Å². The lowest BCUT2D eigenvalue weighted by Gasteiger charge is -2.24. The van der Waals surface area contributed by atoms with E-state index in [1.807, 2.05) is 0 Å². The van der Waals surface area contributed by atoms with Crippen molar-refractivity contribution in [1.82, 2.24) is 9.88 Å². The molecule has 2 fully saturated rings. The number of aromatic nitrogens is 1. The third kappa shape index (κ3) is 5.79. The highest BCUT2D eigenvalue weighted by molar-refractivity contribution is 5.88. The molecule has 1 atom stereocenters. The van der Waals surface area contributed by atoms with Gasteiger partial charge in [-0.2, -0.15) is 0 Å². The number of carbonyl (C=O) groups is 1. The number of ether oxygens (including phenoxy) is 1. The zero-order valence-corrected chi connectivity index (χ0v) is 22.1. The van der Waals surface area contributed by atoms with Crippen LogP contribution in [-0.4, -0.2) is 23.6 Å². The van der Waals surface area contributed by atoms with Gasteiger partial charge in [-0.25, -0.2) is 0 Å². The summed E-state index contributed by atoms with van der Waals surface area (Å²) in [6.45, 7) is 3.19. The van der Waals surface area contributed by atoms with Crippen LogP contribution >= 0.6 is 0 Å². The van der Waals surface area contributed by atoms with Crippen LogP contribution in [0.2, 0.25) is 0 Å². The Labute approximate surface area is 216 Å². The summed E-state index contributed by atoms with van der Waals surface area (Å²) in [6, 6.07) is 15.5. The summed E-state index contributed by atoms with van der Waals surface area (Å²) in [6.07, 6.45) is 15.5. The molecule has 1 N–H and O–H groups in total. The molecular formula is C32H42N2O2.